The van der Waals surface area contributed by atoms with Gasteiger partial charge in [0.25, 0.3) is 0 Å². The number of hydrogen-bond donors (Lipinski definition) is 1. The van der Waals surface area contributed by atoms with Crippen molar-refractivity contribution in [2.75, 3.05) is 38.6 Å². The smallest absolute Gasteiger partial charge is 0.125 e. The zero-order valence-electron chi connectivity index (χ0n) is 9.02. The number of pyridine rings is 1. The lowest BCUT2D eigenvalue weighted by Crippen LogP contribution is -2.43. The van der Waals surface area contributed by atoms with Gasteiger partial charge in [0.05, 0.1) is 12.7 Å². The zero-order chi connectivity index (χ0) is 10.5. The summed E-state index contributed by atoms with van der Waals surface area (Å²) in [6.07, 6.45) is 2.06. The van der Waals surface area contributed by atoms with E-state index in [0.717, 1.165) is 32.1 Å². The molecule has 0 aliphatic carbocycles. The average molecular weight is 207 g/mol. The summed E-state index contributed by atoms with van der Waals surface area (Å²) in [5.41, 5.74) is 0. The normalized spacial score (nSPS) is 22.6. The number of hydrogen-bond acceptors (Lipinski definition) is 4. The van der Waals surface area contributed by atoms with Gasteiger partial charge in [0.1, 0.15) is 5.82 Å². The summed E-state index contributed by atoms with van der Waals surface area (Å²) in [6.45, 7) is 3.66. The number of nitrogens with zero attached hydrogens (tertiary/aromatic N) is 2. The summed E-state index contributed by atoms with van der Waals surface area (Å²) in [5, 5.41) is 3.27. The molecule has 0 spiro atoms. The zero-order valence-corrected chi connectivity index (χ0v) is 9.02. The molecule has 0 amide bonds. The SMILES string of the molecule is CN1CCOC(CNc2ccccn2)C1. The Morgan fingerprint density at radius 3 is 3.27 bits per heavy atom. The molecule has 1 aromatic heterocycles. The first-order valence-electron chi connectivity index (χ1n) is 5.29. The van der Waals surface area contributed by atoms with Crippen LogP contribution in [0, 0.1) is 0 Å². The van der Waals surface area contributed by atoms with Crippen molar-refractivity contribution in [3.63, 3.8) is 0 Å². The Morgan fingerprint density at radius 1 is 1.60 bits per heavy atom. The Kier molecular flexibility index (Phi) is 3.53. The minimum Gasteiger partial charge on any atom is -0.374 e. The maximum absolute atomic E-state index is 5.64. The van der Waals surface area contributed by atoms with Crippen LogP contribution >= 0.6 is 0 Å². The van der Waals surface area contributed by atoms with Gasteiger partial charge in [-0.25, -0.2) is 4.98 Å². The molecule has 1 aromatic rings. The third-order valence-corrected chi connectivity index (χ3v) is 2.52. The molecule has 0 bridgehead atoms. The van der Waals surface area contributed by atoms with E-state index in [1.54, 1.807) is 6.20 Å². The minimum atomic E-state index is 0.269. The fourth-order valence-corrected chi connectivity index (χ4v) is 1.68. The number of rotatable bonds is 3. The molecule has 1 unspecified atom stereocenters. The van der Waals surface area contributed by atoms with Gasteiger partial charge in [0.2, 0.25) is 0 Å². The second-order valence-electron chi connectivity index (χ2n) is 3.85. The van der Waals surface area contributed by atoms with Gasteiger partial charge in [0.15, 0.2) is 0 Å². The molecular formula is C11H17N3O. The van der Waals surface area contributed by atoms with Gasteiger partial charge in [-0.1, -0.05) is 6.07 Å². The van der Waals surface area contributed by atoms with Gasteiger partial charge in [-0.05, 0) is 19.2 Å². The summed E-state index contributed by atoms with van der Waals surface area (Å²) < 4.78 is 5.64. The van der Waals surface area contributed by atoms with Crippen LogP contribution in [0.25, 0.3) is 0 Å². The molecule has 1 saturated heterocycles. The maximum Gasteiger partial charge on any atom is 0.125 e. The van der Waals surface area contributed by atoms with Crippen LogP contribution in [0.1, 0.15) is 0 Å². The number of anilines is 1. The summed E-state index contributed by atoms with van der Waals surface area (Å²) in [6, 6.07) is 5.85. The highest BCUT2D eigenvalue weighted by molar-refractivity contribution is 5.33. The van der Waals surface area contributed by atoms with Crippen LogP contribution in [0.4, 0.5) is 5.82 Å². The van der Waals surface area contributed by atoms with Crippen LogP contribution in [0.5, 0.6) is 0 Å². The summed E-state index contributed by atoms with van der Waals surface area (Å²) >= 11 is 0. The van der Waals surface area contributed by atoms with Gasteiger partial charge in [-0.15, -0.1) is 0 Å². The number of aromatic nitrogens is 1. The topological polar surface area (TPSA) is 37.4 Å². The lowest BCUT2D eigenvalue weighted by Gasteiger charge is -2.30. The Bertz CT molecular complexity index is 291. The maximum atomic E-state index is 5.64. The van der Waals surface area contributed by atoms with Crippen molar-refractivity contribution in [1.82, 2.24) is 9.88 Å². The van der Waals surface area contributed by atoms with Crippen molar-refractivity contribution in [2.45, 2.75) is 6.10 Å². The highest BCUT2D eigenvalue weighted by Gasteiger charge is 2.16. The number of likely N-dealkylation sites (N-methyl/N-ethyl adjacent to an activating group) is 1. The molecule has 1 aliphatic rings. The van der Waals surface area contributed by atoms with E-state index in [1.807, 2.05) is 18.2 Å². The van der Waals surface area contributed by atoms with Crippen LogP contribution in [-0.2, 0) is 4.74 Å². The first kappa shape index (κ1) is 10.4. The molecule has 82 valence electrons. The third-order valence-electron chi connectivity index (χ3n) is 2.52. The molecule has 15 heavy (non-hydrogen) atoms. The van der Waals surface area contributed by atoms with Crippen LogP contribution in [0.15, 0.2) is 24.4 Å². The second kappa shape index (κ2) is 5.09. The van der Waals surface area contributed by atoms with Crippen molar-refractivity contribution < 1.29 is 4.74 Å². The largest absolute Gasteiger partial charge is 0.374 e. The number of nitrogens with one attached hydrogen (secondary N) is 1. The van der Waals surface area contributed by atoms with Crippen molar-refractivity contribution in [3.8, 4) is 0 Å². The quantitative estimate of drug-likeness (QED) is 0.796. The molecule has 1 fully saturated rings. The molecule has 0 radical (unpaired) electrons. The van der Waals surface area contributed by atoms with Gasteiger partial charge >= 0.3 is 0 Å². The average Bonchev–Trinajstić information content (AvgIpc) is 2.28. The van der Waals surface area contributed by atoms with Crippen LogP contribution in [-0.4, -0.2) is 49.3 Å². The molecule has 1 aliphatic heterocycles. The van der Waals surface area contributed by atoms with E-state index in [-0.39, 0.29) is 6.10 Å². The van der Waals surface area contributed by atoms with Crippen LogP contribution in [0.2, 0.25) is 0 Å². The molecule has 1 atom stereocenters. The molecule has 2 heterocycles. The summed E-state index contributed by atoms with van der Waals surface area (Å²) in [7, 11) is 2.12. The first-order valence-corrected chi connectivity index (χ1v) is 5.29. The van der Waals surface area contributed by atoms with Crippen molar-refractivity contribution in [3.05, 3.63) is 24.4 Å². The standard InChI is InChI=1S/C11H17N3O/c1-14-6-7-15-10(9-14)8-13-11-4-2-3-5-12-11/h2-5,10H,6-9H2,1H3,(H,12,13). The Hall–Kier alpha value is -1.13. The molecular weight excluding hydrogens is 190 g/mol. The molecule has 0 aromatic carbocycles. The van der Waals surface area contributed by atoms with Crippen LogP contribution in [0.3, 0.4) is 0 Å². The van der Waals surface area contributed by atoms with E-state index in [9.17, 15) is 0 Å². The minimum absolute atomic E-state index is 0.269. The van der Waals surface area contributed by atoms with E-state index in [4.69, 9.17) is 4.74 Å². The third kappa shape index (κ3) is 3.18. The Labute approximate surface area is 90.3 Å². The van der Waals surface area contributed by atoms with E-state index in [0.29, 0.717) is 0 Å². The lowest BCUT2D eigenvalue weighted by molar-refractivity contribution is -0.0117. The fourth-order valence-electron chi connectivity index (χ4n) is 1.68. The van der Waals surface area contributed by atoms with Crippen molar-refractivity contribution in [2.24, 2.45) is 0 Å². The predicted molar refractivity (Wildman–Crippen MR) is 60.0 cm³/mol. The number of morpholine rings is 1. The lowest BCUT2D eigenvalue weighted by atomic mass is 10.3. The van der Waals surface area contributed by atoms with Gasteiger partial charge in [-0.2, -0.15) is 0 Å². The van der Waals surface area contributed by atoms with Crippen molar-refractivity contribution >= 4 is 5.82 Å². The van der Waals surface area contributed by atoms with E-state index in [2.05, 4.69) is 22.2 Å². The van der Waals surface area contributed by atoms with E-state index >= 15 is 0 Å². The molecule has 2 rings (SSSR count). The Morgan fingerprint density at radius 2 is 2.53 bits per heavy atom. The fraction of sp³-hybridized carbons (Fsp3) is 0.545. The monoisotopic (exact) mass is 207 g/mol. The first-order chi connectivity index (χ1) is 7.34. The molecule has 4 nitrogen and oxygen atoms in total. The molecule has 0 saturated carbocycles. The Balaban J connectivity index is 1.78. The summed E-state index contributed by atoms with van der Waals surface area (Å²) in [5.74, 6) is 0.911. The van der Waals surface area contributed by atoms with Crippen LogP contribution < -0.4 is 5.32 Å². The molecule has 1 N–H and O–H groups in total. The summed E-state index contributed by atoms with van der Waals surface area (Å²) in [4.78, 5) is 6.49. The van der Waals surface area contributed by atoms with Crippen molar-refractivity contribution in [1.29, 1.82) is 0 Å². The molecule has 4 heteroatoms. The van der Waals surface area contributed by atoms with Gasteiger partial charge in [-0.3, -0.25) is 0 Å². The van der Waals surface area contributed by atoms with Gasteiger partial charge < -0.3 is 15.0 Å². The number of ether oxygens (including phenoxy) is 1. The van der Waals surface area contributed by atoms with E-state index < -0.39 is 0 Å². The highest BCUT2D eigenvalue weighted by Crippen LogP contribution is 2.05. The van der Waals surface area contributed by atoms with E-state index in [1.165, 1.54) is 0 Å². The second-order valence-corrected chi connectivity index (χ2v) is 3.85. The highest BCUT2D eigenvalue weighted by atomic mass is 16.5. The van der Waals surface area contributed by atoms with Gasteiger partial charge in [0, 0.05) is 25.8 Å². The predicted octanol–water partition coefficient (Wildman–Crippen LogP) is 0.824.